The lowest BCUT2D eigenvalue weighted by Crippen LogP contribution is -2.45. The molecule has 0 radical (unpaired) electrons. The summed E-state index contributed by atoms with van der Waals surface area (Å²) >= 11 is 0. The van der Waals surface area contributed by atoms with Crippen LogP contribution in [-0.4, -0.2) is 47.4 Å². The number of carbonyl (C=O) groups excluding carboxylic acids is 2. The number of hydrogen-bond donors (Lipinski definition) is 3. The molecule has 6 nitrogen and oxygen atoms in total. The van der Waals surface area contributed by atoms with Gasteiger partial charge < -0.3 is 20.3 Å². The van der Waals surface area contributed by atoms with Crippen molar-refractivity contribution in [2.45, 2.75) is 366 Å². The summed E-state index contributed by atoms with van der Waals surface area (Å²) in [5.74, 6) is -0.0606. The molecule has 71 heavy (non-hydrogen) atoms. The molecule has 2 unspecified atom stereocenters. The first kappa shape index (κ1) is 69.3. The van der Waals surface area contributed by atoms with Crippen molar-refractivity contribution >= 4 is 11.9 Å². The van der Waals surface area contributed by atoms with Crippen LogP contribution in [0.25, 0.3) is 0 Å². The highest BCUT2D eigenvalue weighted by molar-refractivity contribution is 5.76. The van der Waals surface area contributed by atoms with Crippen molar-refractivity contribution in [3.63, 3.8) is 0 Å². The van der Waals surface area contributed by atoms with Gasteiger partial charge in [-0.25, -0.2) is 0 Å². The number of allylic oxidation sites excluding steroid dienone is 3. The molecule has 0 heterocycles. The van der Waals surface area contributed by atoms with E-state index in [2.05, 4.69) is 31.3 Å². The van der Waals surface area contributed by atoms with Gasteiger partial charge in [0.05, 0.1) is 25.4 Å². The zero-order valence-corrected chi connectivity index (χ0v) is 48.0. The van der Waals surface area contributed by atoms with Crippen molar-refractivity contribution in [3.05, 3.63) is 24.3 Å². The van der Waals surface area contributed by atoms with Gasteiger partial charge in [0.1, 0.15) is 0 Å². The van der Waals surface area contributed by atoms with Crippen LogP contribution in [0.4, 0.5) is 0 Å². The minimum Gasteiger partial charge on any atom is -0.466 e. The Labute approximate surface area is 443 Å². The number of unbranched alkanes of at least 4 members (excludes halogenated alkanes) is 47. The second-order valence-electron chi connectivity index (χ2n) is 22.1. The molecule has 0 aliphatic carbocycles. The Bertz CT molecular complexity index is 1110. The number of esters is 1. The van der Waals surface area contributed by atoms with Gasteiger partial charge in [-0.3, -0.25) is 9.59 Å². The van der Waals surface area contributed by atoms with Gasteiger partial charge in [-0.05, 0) is 57.8 Å². The highest BCUT2D eigenvalue weighted by Gasteiger charge is 2.18. The Kier molecular flexibility index (Phi) is 59.5. The molecule has 0 spiro atoms. The summed E-state index contributed by atoms with van der Waals surface area (Å²) in [5.41, 5.74) is 0. The zero-order chi connectivity index (χ0) is 51.4. The van der Waals surface area contributed by atoms with Crippen LogP contribution in [0.2, 0.25) is 0 Å². The molecule has 0 aliphatic heterocycles. The predicted molar refractivity (Wildman–Crippen MR) is 310 cm³/mol. The van der Waals surface area contributed by atoms with Gasteiger partial charge in [0, 0.05) is 12.8 Å². The maximum absolute atomic E-state index is 12.5. The molecule has 420 valence electrons. The quantitative estimate of drug-likeness (QED) is 0.0320. The van der Waals surface area contributed by atoms with Crippen LogP contribution in [0.1, 0.15) is 354 Å². The first-order chi connectivity index (χ1) is 35.0. The van der Waals surface area contributed by atoms with Gasteiger partial charge in [-0.2, -0.15) is 0 Å². The fraction of sp³-hybridized carbons (Fsp3) is 0.908. The van der Waals surface area contributed by atoms with Gasteiger partial charge in [0.25, 0.3) is 0 Å². The number of hydrogen-bond acceptors (Lipinski definition) is 5. The predicted octanol–water partition coefficient (Wildman–Crippen LogP) is 20.2. The summed E-state index contributed by atoms with van der Waals surface area (Å²) in [6, 6.07) is -0.633. The van der Waals surface area contributed by atoms with E-state index in [0.29, 0.717) is 19.4 Å². The molecule has 0 aromatic heterocycles. The molecule has 0 saturated carbocycles. The molecule has 6 heteroatoms. The standard InChI is InChI=1S/C65H125NO5/c1-3-5-7-9-11-13-15-17-18-19-24-27-30-34-37-41-45-49-53-57-63(68)62(61-67)66-64(69)58-54-50-46-42-38-35-31-28-25-22-20-21-23-26-29-32-36-40-44-48-52-56-60-71-65(70)59-55-51-47-43-39-33-16-14-12-10-8-6-4-2/h22,25,53,57,62-63,67-68H,3-21,23-24,26-52,54-56,58-61H2,1-2H3,(H,66,69)/b25-22-,57-53+. The van der Waals surface area contributed by atoms with Crippen LogP contribution in [-0.2, 0) is 14.3 Å². The van der Waals surface area contributed by atoms with Crippen molar-refractivity contribution in [2.75, 3.05) is 13.2 Å². The van der Waals surface area contributed by atoms with Crippen LogP contribution in [0.5, 0.6) is 0 Å². The lowest BCUT2D eigenvalue weighted by atomic mass is 10.0. The highest BCUT2D eigenvalue weighted by Crippen LogP contribution is 2.18. The number of carbonyl (C=O) groups is 2. The molecule has 0 aromatic rings. The molecular weight excluding hydrogens is 875 g/mol. The fourth-order valence-corrected chi connectivity index (χ4v) is 10.0. The molecule has 3 N–H and O–H groups in total. The largest absolute Gasteiger partial charge is 0.466 e. The Morgan fingerprint density at radius 2 is 0.662 bits per heavy atom. The lowest BCUT2D eigenvalue weighted by Gasteiger charge is -2.20. The highest BCUT2D eigenvalue weighted by atomic mass is 16.5. The number of aliphatic hydroxyl groups is 2. The molecule has 0 fully saturated rings. The van der Waals surface area contributed by atoms with Crippen LogP contribution in [0.3, 0.4) is 0 Å². The van der Waals surface area contributed by atoms with Gasteiger partial charge in [-0.15, -0.1) is 0 Å². The maximum atomic E-state index is 12.5. The molecule has 2 atom stereocenters. The van der Waals surface area contributed by atoms with Gasteiger partial charge >= 0.3 is 5.97 Å². The topological polar surface area (TPSA) is 95.9 Å². The number of amides is 1. The lowest BCUT2D eigenvalue weighted by molar-refractivity contribution is -0.143. The van der Waals surface area contributed by atoms with E-state index in [9.17, 15) is 19.8 Å². The molecular formula is C65H125NO5. The van der Waals surface area contributed by atoms with E-state index >= 15 is 0 Å². The summed E-state index contributed by atoms with van der Waals surface area (Å²) in [6.45, 7) is 4.93. The third kappa shape index (κ3) is 57.5. The van der Waals surface area contributed by atoms with Crippen LogP contribution >= 0.6 is 0 Å². The summed E-state index contributed by atoms with van der Waals surface area (Å²) in [6.07, 6.45) is 75.1. The third-order valence-corrected chi connectivity index (χ3v) is 15.0. The van der Waals surface area contributed by atoms with Gasteiger partial charge in [0.2, 0.25) is 5.91 Å². The fourth-order valence-electron chi connectivity index (χ4n) is 10.0. The van der Waals surface area contributed by atoms with E-state index in [-0.39, 0.29) is 18.5 Å². The van der Waals surface area contributed by atoms with Crippen molar-refractivity contribution in [2.24, 2.45) is 0 Å². The van der Waals surface area contributed by atoms with Gasteiger partial charge in [0.15, 0.2) is 0 Å². The second-order valence-corrected chi connectivity index (χ2v) is 22.1. The van der Waals surface area contributed by atoms with Crippen LogP contribution < -0.4 is 5.32 Å². The molecule has 1 amide bonds. The third-order valence-electron chi connectivity index (χ3n) is 15.0. The Balaban J connectivity index is 3.44. The molecule has 0 saturated heterocycles. The average molecular weight is 1000 g/mol. The van der Waals surface area contributed by atoms with Crippen LogP contribution in [0, 0.1) is 0 Å². The summed E-state index contributed by atoms with van der Waals surface area (Å²) in [5, 5.41) is 23.2. The van der Waals surface area contributed by atoms with Crippen molar-refractivity contribution in [3.8, 4) is 0 Å². The monoisotopic (exact) mass is 1000 g/mol. The van der Waals surface area contributed by atoms with E-state index in [1.165, 1.54) is 283 Å². The minimum atomic E-state index is -0.849. The molecule has 0 bridgehead atoms. The Hall–Kier alpha value is -1.66. The van der Waals surface area contributed by atoms with Crippen LogP contribution in [0.15, 0.2) is 24.3 Å². The summed E-state index contributed by atoms with van der Waals surface area (Å²) in [7, 11) is 0. The molecule has 0 aromatic carbocycles. The molecule has 0 aliphatic rings. The van der Waals surface area contributed by atoms with E-state index in [1.54, 1.807) is 6.08 Å². The van der Waals surface area contributed by atoms with E-state index in [4.69, 9.17) is 4.74 Å². The minimum absolute atomic E-state index is 0.0114. The molecule has 0 rings (SSSR count). The maximum Gasteiger partial charge on any atom is 0.305 e. The van der Waals surface area contributed by atoms with Crippen molar-refractivity contribution in [1.29, 1.82) is 0 Å². The summed E-state index contributed by atoms with van der Waals surface area (Å²) in [4.78, 5) is 24.5. The number of ether oxygens (including phenoxy) is 1. The average Bonchev–Trinajstić information content (AvgIpc) is 3.37. The van der Waals surface area contributed by atoms with Crippen molar-refractivity contribution < 1.29 is 24.5 Å². The van der Waals surface area contributed by atoms with E-state index in [0.717, 1.165) is 44.9 Å². The Morgan fingerprint density at radius 3 is 1.00 bits per heavy atom. The first-order valence-electron chi connectivity index (χ1n) is 32.1. The SMILES string of the molecule is CCCCCCCCCCCCCCCCCCC/C=C/C(O)C(CO)NC(=O)CCCCCCCCC/C=C\CCCCCCCCCCCCCOC(=O)CCCCCCCCCCCCCCC. The zero-order valence-electron chi connectivity index (χ0n) is 48.0. The van der Waals surface area contributed by atoms with Gasteiger partial charge in [-0.1, -0.05) is 308 Å². The number of aliphatic hydroxyl groups excluding tert-OH is 2. The number of rotatable bonds is 60. The van der Waals surface area contributed by atoms with Crippen molar-refractivity contribution in [1.82, 2.24) is 5.32 Å². The summed E-state index contributed by atoms with van der Waals surface area (Å²) < 4.78 is 5.48. The van der Waals surface area contributed by atoms with E-state index in [1.807, 2.05) is 6.08 Å². The normalized spacial score (nSPS) is 12.7. The smallest absolute Gasteiger partial charge is 0.305 e. The second kappa shape index (κ2) is 60.9. The Morgan fingerprint density at radius 1 is 0.380 bits per heavy atom. The number of nitrogens with one attached hydrogen (secondary N) is 1. The van der Waals surface area contributed by atoms with E-state index < -0.39 is 12.1 Å². The first-order valence-corrected chi connectivity index (χ1v) is 32.1.